The number of ether oxygens (including phenoxy) is 1. The average Bonchev–Trinajstić information content (AvgIpc) is 2.60. The fourth-order valence-corrected chi connectivity index (χ4v) is 2.48. The van der Waals surface area contributed by atoms with Crippen LogP contribution in [-0.2, 0) is 11.3 Å². The van der Waals surface area contributed by atoms with Crippen molar-refractivity contribution in [3.05, 3.63) is 65.7 Å². The molecule has 2 aromatic carbocycles. The Balaban J connectivity index is 0.00000312. The number of benzene rings is 2. The van der Waals surface area contributed by atoms with Gasteiger partial charge in [-0.25, -0.2) is 0 Å². The molecule has 0 spiro atoms. The van der Waals surface area contributed by atoms with E-state index in [9.17, 15) is 4.79 Å². The molecule has 0 bridgehead atoms. The minimum atomic E-state index is -0.533. The lowest BCUT2D eigenvalue weighted by atomic mass is 10.2. The van der Waals surface area contributed by atoms with E-state index in [0.717, 1.165) is 17.5 Å². The van der Waals surface area contributed by atoms with Crippen molar-refractivity contribution in [1.29, 1.82) is 0 Å². The van der Waals surface area contributed by atoms with Gasteiger partial charge >= 0.3 is 0 Å². The zero-order valence-corrected chi connectivity index (χ0v) is 15.7. The second kappa shape index (κ2) is 10.7. The number of hydrogen-bond acceptors (Lipinski definition) is 3. The number of halogens is 1. The van der Waals surface area contributed by atoms with Crippen LogP contribution in [0.15, 0.2) is 54.6 Å². The third kappa shape index (κ3) is 6.77. The lowest BCUT2D eigenvalue weighted by Gasteiger charge is -2.26. The molecule has 0 saturated carbocycles. The molecule has 0 aliphatic carbocycles. The number of carbonyl (C=O) groups excluding carboxylic acids is 1. The van der Waals surface area contributed by atoms with E-state index < -0.39 is 6.10 Å². The van der Waals surface area contributed by atoms with Crippen LogP contribution in [0.1, 0.15) is 24.5 Å². The standard InChI is InChI=1S/C20H26N2O2.ClH/c1-16-9-11-19(12-10-16)24-17(2)20(23)22(14-6-13-21)15-18-7-4-3-5-8-18;/h3-5,7-12,17H,6,13-15,21H2,1-2H3;1H. The molecule has 25 heavy (non-hydrogen) atoms. The summed E-state index contributed by atoms with van der Waals surface area (Å²) in [4.78, 5) is 14.6. The molecule has 0 heterocycles. The fraction of sp³-hybridized carbons (Fsp3) is 0.350. The first-order valence-corrected chi connectivity index (χ1v) is 8.36. The highest BCUT2D eigenvalue weighted by atomic mass is 35.5. The highest BCUT2D eigenvalue weighted by Crippen LogP contribution is 2.15. The number of aryl methyl sites for hydroxylation is 1. The van der Waals surface area contributed by atoms with Gasteiger partial charge in [0.2, 0.25) is 0 Å². The van der Waals surface area contributed by atoms with Crippen molar-refractivity contribution in [2.75, 3.05) is 13.1 Å². The first-order chi connectivity index (χ1) is 11.6. The van der Waals surface area contributed by atoms with Crippen LogP contribution in [0, 0.1) is 6.92 Å². The Morgan fingerprint density at radius 1 is 1.12 bits per heavy atom. The summed E-state index contributed by atoms with van der Waals surface area (Å²) in [5.41, 5.74) is 7.88. The quantitative estimate of drug-likeness (QED) is 0.781. The normalized spacial score (nSPS) is 11.3. The van der Waals surface area contributed by atoms with E-state index in [-0.39, 0.29) is 18.3 Å². The van der Waals surface area contributed by atoms with Crippen LogP contribution in [-0.4, -0.2) is 30.0 Å². The van der Waals surface area contributed by atoms with Crippen LogP contribution in [0.2, 0.25) is 0 Å². The molecule has 2 aromatic rings. The van der Waals surface area contributed by atoms with E-state index in [0.29, 0.717) is 25.4 Å². The molecule has 0 aliphatic heterocycles. The Hall–Kier alpha value is -2.04. The molecule has 2 rings (SSSR count). The maximum atomic E-state index is 12.8. The smallest absolute Gasteiger partial charge is 0.263 e. The number of hydrogen-bond donors (Lipinski definition) is 1. The number of carbonyl (C=O) groups is 1. The zero-order chi connectivity index (χ0) is 17.4. The van der Waals surface area contributed by atoms with Crippen molar-refractivity contribution in [3.63, 3.8) is 0 Å². The third-order valence-electron chi connectivity index (χ3n) is 3.84. The second-order valence-electron chi connectivity index (χ2n) is 5.96. The van der Waals surface area contributed by atoms with Crippen molar-refractivity contribution in [2.45, 2.75) is 32.9 Å². The van der Waals surface area contributed by atoms with Gasteiger partial charge in [-0.15, -0.1) is 12.4 Å². The summed E-state index contributed by atoms with van der Waals surface area (Å²) in [6.07, 6.45) is 0.240. The molecular weight excluding hydrogens is 336 g/mol. The lowest BCUT2D eigenvalue weighted by molar-refractivity contribution is -0.138. The molecule has 4 nitrogen and oxygen atoms in total. The van der Waals surface area contributed by atoms with Gasteiger partial charge in [0.1, 0.15) is 5.75 Å². The fourth-order valence-electron chi connectivity index (χ4n) is 2.48. The SMILES string of the molecule is Cc1ccc(OC(C)C(=O)N(CCCN)Cc2ccccc2)cc1.Cl. The van der Waals surface area contributed by atoms with E-state index in [1.54, 1.807) is 6.92 Å². The Kier molecular flexibility index (Phi) is 9.03. The predicted octanol–water partition coefficient (Wildman–Crippen LogP) is 3.56. The van der Waals surface area contributed by atoms with Crippen LogP contribution in [0.4, 0.5) is 0 Å². The number of amides is 1. The second-order valence-corrected chi connectivity index (χ2v) is 5.96. The summed E-state index contributed by atoms with van der Waals surface area (Å²) in [6, 6.07) is 17.7. The summed E-state index contributed by atoms with van der Waals surface area (Å²) >= 11 is 0. The van der Waals surface area contributed by atoms with Gasteiger partial charge in [-0.2, -0.15) is 0 Å². The Morgan fingerprint density at radius 2 is 1.76 bits per heavy atom. The molecule has 136 valence electrons. The molecule has 1 amide bonds. The van der Waals surface area contributed by atoms with Crippen molar-refractivity contribution in [2.24, 2.45) is 5.73 Å². The third-order valence-corrected chi connectivity index (χ3v) is 3.84. The van der Waals surface area contributed by atoms with E-state index >= 15 is 0 Å². The highest BCUT2D eigenvalue weighted by molar-refractivity contribution is 5.85. The predicted molar refractivity (Wildman–Crippen MR) is 104 cm³/mol. The number of nitrogens with two attached hydrogens (primary N) is 1. The van der Waals surface area contributed by atoms with E-state index in [1.807, 2.05) is 66.4 Å². The van der Waals surface area contributed by atoms with Gasteiger partial charge in [-0.3, -0.25) is 4.79 Å². The van der Waals surface area contributed by atoms with Gasteiger partial charge in [-0.1, -0.05) is 48.0 Å². The van der Waals surface area contributed by atoms with Crippen LogP contribution in [0.5, 0.6) is 5.75 Å². The van der Waals surface area contributed by atoms with Crippen molar-refractivity contribution in [1.82, 2.24) is 4.90 Å². The van der Waals surface area contributed by atoms with E-state index in [1.165, 1.54) is 0 Å². The average molecular weight is 363 g/mol. The summed E-state index contributed by atoms with van der Waals surface area (Å²) in [5.74, 6) is 0.688. The van der Waals surface area contributed by atoms with Crippen molar-refractivity contribution in [3.8, 4) is 5.75 Å². The van der Waals surface area contributed by atoms with Gasteiger partial charge in [0.25, 0.3) is 5.91 Å². The van der Waals surface area contributed by atoms with Crippen LogP contribution in [0.3, 0.4) is 0 Å². The van der Waals surface area contributed by atoms with Crippen LogP contribution < -0.4 is 10.5 Å². The first-order valence-electron chi connectivity index (χ1n) is 8.36. The Labute approximate surface area is 156 Å². The summed E-state index contributed by atoms with van der Waals surface area (Å²) in [5, 5.41) is 0. The minimum absolute atomic E-state index is 0. The molecular formula is C20H27ClN2O2. The summed E-state index contributed by atoms with van der Waals surface area (Å²) in [7, 11) is 0. The van der Waals surface area contributed by atoms with Crippen molar-refractivity contribution < 1.29 is 9.53 Å². The molecule has 0 aromatic heterocycles. The molecule has 1 atom stereocenters. The molecule has 0 aliphatic rings. The van der Waals surface area contributed by atoms with Crippen LogP contribution >= 0.6 is 12.4 Å². The first kappa shape index (κ1) is 21.0. The topological polar surface area (TPSA) is 55.6 Å². The lowest BCUT2D eigenvalue weighted by Crippen LogP contribution is -2.41. The van der Waals surface area contributed by atoms with Crippen LogP contribution in [0.25, 0.3) is 0 Å². The largest absolute Gasteiger partial charge is 0.481 e. The maximum absolute atomic E-state index is 12.8. The summed E-state index contributed by atoms with van der Waals surface area (Å²) < 4.78 is 5.81. The zero-order valence-electron chi connectivity index (χ0n) is 14.9. The maximum Gasteiger partial charge on any atom is 0.263 e. The molecule has 1 unspecified atom stereocenters. The van der Waals surface area contributed by atoms with Crippen molar-refractivity contribution >= 4 is 18.3 Å². The Morgan fingerprint density at radius 3 is 2.36 bits per heavy atom. The van der Waals surface area contributed by atoms with Gasteiger partial charge in [0, 0.05) is 13.1 Å². The van der Waals surface area contributed by atoms with E-state index in [4.69, 9.17) is 10.5 Å². The highest BCUT2D eigenvalue weighted by Gasteiger charge is 2.22. The van der Waals surface area contributed by atoms with Gasteiger partial charge in [-0.05, 0) is 44.5 Å². The molecule has 0 fully saturated rings. The van der Waals surface area contributed by atoms with E-state index in [2.05, 4.69) is 0 Å². The Bertz CT molecular complexity index is 632. The van der Waals surface area contributed by atoms with Gasteiger partial charge in [0.05, 0.1) is 0 Å². The molecule has 0 saturated heterocycles. The summed E-state index contributed by atoms with van der Waals surface area (Å²) in [6.45, 7) is 5.58. The minimum Gasteiger partial charge on any atom is -0.481 e. The molecule has 2 N–H and O–H groups in total. The molecule has 0 radical (unpaired) electrons. The van der Waals surface area contributed by atoms with Gasteiger partial charge < -0.3 is 15.4 Å². The monoisotopic (exact) mass is 362 g/mol. The number of nitrogens with zero attached hydrogens (tertiary/aromatic N) is 1. The molecule has 5 heteroatoms. The number of rotatable bonds is 8. The van der Waals surface area contributed by atoms with Gasteiger partial charge in [0.15, 0.2) is 6.10 Å².